The lowest BCUT2D eigenvalue weighted by molar-refractivity contribution is -0.115. The lowest BCUT2D eigenvalue weighted by atomic mass is 10.0. The molecule has 7 heteroatoms. The zero-order chi connectivity index (χ0) is 19.1. The highest BCUT2D eigenvalue weighted by Crippen LogP contribution is 2.29. The fourth-order valence-corrected chi connectivity index (χ4v) is 3.44. The molecular formula is C20H22N4O2S. The van der Waals surface area contributed by atoms with E-state index >= 15 is 0 Å². The number of nitrogens with zero attached hydrogens (tertiary/aromatic N) is 3. The quantitative estimate of drug-likeness (QED) is 0.602. The third-order valence-electron chi connectivity index (χ3n) is 4.04. The highest BCUT2D eigenvalue weighted by Gasteiger charge is 2.19. The number of anilines is 1. The number of para-hydroxylation sites is 1. The van der Waals surface area contributed by atoms with Gasteiger partial charge in [0.2, 0.25) is 5.91 Å². The van der Waals surface area contributed by atoms with Gasteiger partial charge in [-0.05, 0) is 18.6 Å². The molecule has 2 aromatic carbocycles. The molecule has 6 nitrogen and oxygen atoms in total. The van der Waals surface area contributed by atoms with Crippen LogP contribution in [0.15, 0.2) is 66.1 Å². The van der Waals surface area contributed by atoms with Crippen molar-refractivity contribution in [2.45, 2.75) is 23.9 Å². The molecule has 3 aromatic rings. The summed E-state index contributed by atoms with van der Waals surface area (Å²) in [5, 5.41) is 11.5. The Balaban J connectivity index is 1.70. The number of nitrogens with one attached hydrogen (secondary N) is 1. The molecule has 0 saturated heterocycles. The zero-order valence-corrected chi connectivity index (χ0v) is 16.1. The summed E-state index contributed by atoms with van der Waals surface area (Å²) in [6, 6.07) is 17.8. The van der Waals surface area contributed by atoms with Gasteiger partial charge in [-0.1, -0.05) is 60.3 Å². The van der Waals surface area contributed by atoms with Crippen LogP contribution in [-0.4, -0.2) is 39.6 Å². The van der Waals surface area contributed by atoms with E-state index in [9.17, 15) is 4.79 Å². The van der Waals surface area contributed by atoms with E-state index in [1.54, 1.807) is 13.4 Å². The first kappa shape index (κ1) is 19.1. The number of methoxy groups -OCH3 is 1. The van der Waals surface area contributed by atoms with E-state index in [-0.39, 0.29) is 11.2 Å². The molecule has 0 fully saturated rings. The molecule has 3 rings (SSSR count). The summed E-state index contributed by atoms with van der Waals surface area (Å²) < 4.78 is 6.98. The second kappa shape index (κ2) is 9.34. The topological polar surface area (TPSA) is 69.0 Å². The van der Waals surface area contributed by atoms with E-state index in [0.717, 1.165) is 16.8 Å². The predicted octanol–water partition coefficient (Wildman–Crippen LogP) is 3.71. The van der Waals surface area contributed by atoms with Gasteiger partial charge in [0.1, 0.15) is 6.33 Å². The number of amides is 1. The van der Waals surface area contributed by atoms with E-state index in [4.69, 9.17) is 4.74 Å². The van der Waals surface area contributed by atoms with Crippen molar-refractivity contribution in [3.63, 3.8) is 0 Å². The smallest absolute Gasteiger partial charge is 0.237 e. The predicted molar refractivity (Wildman–Crippen MR) is 108 cm³/mol. The maximum Gasteiger partial charge on any atom is 0.237 e. The van der Waals surface area contributed by atoms with Crippen molar-refractivity contribution in [1.82, 2.24) is 14.8 Å². The normalized spacial score (nSPS) is 11.9. The van der Waals surface area contributed by atoms with E-state index in [1.165, 1.54) is 11.8 Å². The van der Waals surface area contributed by atoms with Gasteiger partial charge in [-0.3, -0.25) is 4.79 Å². The van der Waals surface area contributed by atoms with Gasteiger partial charge in [0.05, 0.1) is 11.9 Å². The van der Waals surface area contributed by atoms with Crippen LogP contribution in [-0.2, 0) is 16.1 Å². The maximum absolute atomic E-state index is 12.7. The van der Waals surface area contributed by atoms with Gasteiger partial charge in [0, 0.05) is 24.9 Å². The average molecular weight is 382 g/mol. The summed E-state index contributed by atoms with van der Waals surface area (Å²) in [5.74, 6) is -0.0790. The molecule has 0 aliphatic rings. The van der Waals surface area contributed by atoms with Crippen LogP contribution in [0, 0.1) is 0 Å². The Bertz CT molecular complexity index is 882. The Labute approximate surface area is 163 Å². The maximum atomic E-state index is 12.7. The molecule has 1 atom stereocenters. The molecule has 0 radical (unpaired) electrons. The largest absolute Gasteiger partial charge is 0.383 e. The van der Waals surface area contributed by atoms with Gasteiger partial charge in [-0.15, -0.1) is 10.2 Å². The number of carbonyl (C=O) groups excluding carboxylic acids is 1. The molecule has 1 aromatic heterocycles. The summed E-state index contributed by atoms with van der Waals surface area (Å²) in [4.78, 5) is 12.7. The van der Waals surface area contributed by atoms with Gasteiger partial charge in [0.25, 0.3) is 0 Å². The van der Waals surface area contributed by atoms with Crippen molar-refractivity contribution in [3.05, 3.63) is 60.9 Å². The molecular weight excluding hydrogens is 360 g/mol. The first-order valence-electron chi connectivity index (χ1n) is 8.67. The lowest BCUT2D eigenvalue weighted by Gasteiger charge is -2.15. The molecule has 1 unspecified atom stereocenters. The van der Waals surface area contributed by atoms with Gasteiger partial charge in [-0.2, -0.15) is 0 Å². The van der Waals surface area contributed by atoms with Crippen LogP contribution in [0.2, 0.25) is 0 Å². The standard InChI is InChI=1S/C20H22N4O2S/c1-15(27-20-23-21-14-24(20)12-13-26-2)19(25)22-18-11-7-6-10-17(18)16-8-4-3-5-9-16/h3-11,14-15H,12-13H2,1-2H3,(H,22,25). The summed E-state index contributed by atoms with van der Waals surface area (Å²) >= 11 is 1.38. The van der Waals surface area contributed by atoms with E-state index in [2.05, 4.69) is 15.5 Å². The van der Waals surface area contributed by atoms with E-state index in [1.807, 2.05) is 66.1 Å². The monoisotopic (exact) mass is 382 g/mol. The Morgan fingerprint density at radius 2 is 1.93 bits per heavy atom. The summed E-state index contributed by atoms with van der Waals surface area (Å²) in [7, 11) is 1.65. The minimum Gasteiger partial charge on any atom is -0.383 e. The van der Waals surface area contributed by atoms with Crippen LogP contribution >= 0.6 is 11.8 Å². The lowest BCUT2D eigenvalue weighted by Crippen LogP contribution is -2.23. The summed E-state index contributed by atoms with van der Waals surface area (Å²) in [6.45, 7) is 3.08. The molecule has 0 aliphatic heterocycles. The SMILES string of the molecule is COCCn1cnnc1SC(C)C(=O)Nc1ccccc1-c1ccccc1. The third kappa shape index (κ3) is 4.96. The number of aromatic nitrogens is 3. The molecule has 0 saturated carbocycles. The van der Waals surface area contributed by atoms with Crippen molar-refractivity contribution >= 4 is 23.4 Å². The van der Waals surface area contributed by atoms with Crippen molar-refractivity contribution in [2.75, 3.05) is 19.0 Å². The number of benzene rings is 2. The molecule has 0 bridgehead atoms. The Kier molecular flexibility index (Phi) is 6.62. The molecule has 140 valence electrons. The van der Waals surface area contributed by atoms with Crippen LogP contribution < -0.4 is 5.32 Å². The van der Waals surface area contributed by atoms with Crippen LogP contribution in [0.1, 0.15) is 6.92 Å². The first-order valence-corrected chi connectivity index (χ1v) is 9.55. The number of rotatable bonds is 8. The van der Waals surface area contributed by atoms with Gasteiger partial charge >= 0.3 is 0 Å². The van der Waals surface area contributed by atoms with Crippen LogP contribution in [0.25, 0.3) is 11.1 Å². The number of thioether (sulfide) groups is 1. The Morgan fingerprint density at radius 1 is 1.19 bits per heavy atom. The zero-order valence-electron chi connectivity index (χ0n) is 15.3. The Hall–Kier alpha value is -2.64. The van der Waals surface area contributed by atoms with Crippen LogP contribution in [0.4, 0.5) is 5.69 Å². The number of hydrogen-bond donors (Lipinski definition) is 1. The number of ether oxygens (including phenoxy) is 1. The van der Waals surface area contributed by atoms with Gasteiger partial charge in [-0.25, -0.2) is 0 Å². The van der Waals surface area contributed by atoms with Crippen LogP contribution in [0.5, 0.6) is 0 Å². The molecule has 0 spiro atoms. The van der Waals surface area contributed by atoms with E-state index < -0.39 is 0 Å². The number of hydrogen-bond acceptors (Lipinski definition) is 5. The molecule has 1 N–H and O–H groups in total. The van der Waals surface area contributed by atoms with Gasteiger partial charge < -0.3 is 14.6 Å². The third-order valence-corrected chi connectivity index (χ3v) is 5.13. The Morgan fingerprint density at radius 3 is 2.70 bits per heavy atom. The fraction of sp³-hybridized carbons (Fsp3) is 0.250. The van der Waals surface area contributed by atoms with Crippen molar-refractivity contribution in [1.29, 1.82) is 0 Å². The average Bonchev–Trinajstić information content (AvgIpc) is 3.14. The molecule has 0 aliphatic carbocycles. The molecule has 27 heavy (non-hydrogen) atoms. The minimum absolute atomic E-state index is 0.0790. The molecule has 1 heterocycles. The van der Waals surface area contributed by atoms with E-state index in [0.29, 0.717) is 18.3 Å². The van der Waals surface area contributed by atoms with Gasteiger partial charge in [0.15, 0.2) is 5.16 Å². The summed E-state index contributed by atoms with van der Waals surface area (Å²) in [6.07, 6.45) is 1.65. The number of carbonyl (C=O) groups is 1. The van der Waals surface area contributed by atoms with Crippen molar-refractivity contribution < 1.29 is 9.53 Å². The summed E-state index contributed by atoms with van der Waals surface area (Å²) in [5.41, 5.74) is 2.85. The van der Waals surface area contributed by atoms with Crippen molar-refractivity contribution in [2.24, 2.45) is 0 Å². The molecule has 1 amide bonds. The van der Waals surface area contributed by atoms with Crippen LogP contribution in [0.3, 0.4) is 0 Å². The highest BCUT2D eigenvalue weighted by molar-refractivity contribution is 8.00. The van der Waals surface area contributed by atoms with Crippen molar-refractivity contribution in [3.8, 4) is 11.1 Å². The minimum atomic E-state index is -0.320. The highest BCUT2D eigenvalue weighted by atomic mass is 32.2. The fourth-order valence-electron chi connectivity index (χ4n) is 2.59. The second-order valence-electron chi connectivity index (χ2n) is 5.96. The second-order valence-corrected chi connectivity index (χ2v) is 7.27. The first-order chi connectivity index (χ1) is 13.2.